The lowest BCUT2D eigenvalue weighted by Gasteiger charge is -2.38. The molecule has 0 bridgehead atoms. The number of hydrogen-bond acceptors (Lipinski definition) is 3. The van der Waals surface area contributed by atoms with Crippen molar-refractivity contribution in [3.8, 4) is 0 Å². The van der Waals surface area contributed by atoms with Crippen LogP contribution in [-0.2, 0) is 9.53 Å². The summed E-state index contributed by atoms with van der Waals surface area (Å²) in [7, 11) is 0. The maximum atomic E-state index is 10.9. The first-order chi connectivity index (χ1) is 6.71. The molecule has 0 amide bonds. The highest BCUT2D eigenvalue weighted by molar-refractivity contribution is 5.79. The first-order valence-electron chi connectivity index (χ1n) is 5.27. The number of rotatable bonds is 7. The van der Waals surface area contributed by atoms with Crippen LogP contribution in [0, 0.1) is 0 Å². The fourth-order valence-electron chi connectivity index (χ4n) is 1.61. The van der Waals surface area contributed by atoms with Gasteiger partial charge in [-0.3, -0.25) is 10.1 Å². The number of carboxylic acid groups (broad SMARTS) is 1. The third-order valence-electron chi connectivity index (χ3n) is 2.67. The molecular weight excluding hydrogens is 182 g/mol. The van der Waals surface area contributed by atoms with Crippen LogP contribution in [0.4, 0.5) is 0 Å². The highest BCUT2D eigenvalue weighted by Gasteiger charge is 2.43. The average molecular weight is 201 g/mol. The summed E-state index contributed by atoms with van der Waals surface area (Å²) >= 11 is 0. The van der Waals surface area contributed by atoms with Gasteiger partial charge in [0.15, 0.2) is 0 Å². The van der Waals surface area contributed by atoms with Gasteiger partial charge in [-0.1, -0.05) is 6.92 Å². The fourth-order valence-corrected chi connectivity index (χ4v) is 1.61. The van der Waals surface area contributed by atoms with E-state index in [4.69, 9.17) is 9.84 Å². The maximum absolute atomic E-state index is 10.9. The molecule has 4 nitrogen and oxygen atoms in total. The number of carboxylic acids is 1. The molecule has 0 heterocycles. The van der Waals surface area contributed by atoms with E-state index in [1.807, 2.05) is 0 Å². The van der Waals surface area contributed by atoms with Crippen LogP contribution in [-0.4, -0.2) is 36.4 Å². The minimum absolute atomic E-state index is 0.600. The molecular formula is C10H19NO3. The Bertz CT molecular complexity index is 190. The van der Waals surface area contributed by atoms with Gasteiger partial charge in [0.2, 0.25) is 0 Å². The molecule has 1 saturated carbocycles. The lowest BCUT2D eigenvalue weighted by Crippen LogP contribution is -2.57. The van der Waals surface area contributed by atoms with E-state index in [2.05, 4.69) is 12.2 Å². The summed E-state index contributed by atoms with van der Waals surface area (Å²) in [5.74, 6) is -0.723. The molecule has 0 aromatic rings. The topological polar surface area (TPSA) is 58.6 Å². The third kappa shape index (κ3) is 2.69. The standard InChI is InChI=1S/C10H19NO3/c1-2-7-14-8-6-11-10(9(12)13)4-3-5-10/h11H,2-8H2,1H3,(H,12,13). The molecule has 1 aliphatic carbocycles. The molecule has 82 valence electrons. The van der Waals surface area contributed by atoms with Crippen LogP contribution < -0.4 is 5.32 Å². The first-order valence-corrected chi connectivity index (χ1v) is 5.27. The predicted molar refractivity (Wildman–Crippen MR) is 53.3 cm³/mol. The summed E-state index contributed by atoms with van der Waals surface area (Å²) in [6.07, 6.45) is 3.51. The Morgan fingerprint density at radius 1 is 1.50 bits per heavy atom. The Hall–Kier alpha value is -0.610. The highest BCUT2D eigenvalue weighted by Crippen LogP contribution is 2.31. The highest BCUT2D eigenvalue weighted by atomic mass is 16.5. The molecule has 0 unspecified atom stereocenters. The second-order valence-electron chi connectivity index (χ2n) is 3.78. The second kappa shape index (κ2) is 5.32. The van der Waals surface area contributed by atoms with E-state index in [0.29, 0.717) is 13.2 Å². The maximum Gasteiger partial charge on any atom is 0.323 e. The van der Waals surface area contributed by atoms with Gasteiger partial charge in [-0.05, 0) is 25.7 Å². The Balaban J connectivity index is 2.12. The van der Waals surface area contributed by atoms with E-state index in [0.717, 1.165) is 32.3 Å². The van der Waals surface area contributed by atoms with Gasteiger partial charge in [0, 0.05) is 13.2 Å². The molecule has 0 saturated heterocycles. The van der Waals surface area contributed by atoms with Crippen molar-refractivity contribution in [1.82, 2.24) is 5.32 Å². The molecule has 4 heteroatoms. The van der Waals surface area contributed by atoms with Gasteiger partial charge < -0.3 is 9.84 Å². The van der Waals surface area contributed by atoms with Crippen molar-refractivity contribution in [2.75, 3.05) is 19.8 Å². The quantitative estimate of drug-likeness (QED) is 0.603. The Morgan fingerprint density at radius 2 is 2.21 bits per heavy atom. The zero-order chi connectivity index (χ0) is 10.4. The van der Waals surface area contributed by atoms with Crippen LogP contribution in [0.5, 0.6) is 0 Å². The number of carbonyl (C=O) groups is 1. The smallest absolute Gasteiger partial charge is 0.323 e. The van der Waals surface area contributed by atoms with Crippen LogP contribution in [0.1, 0.15) is 32.6 Å². The van der Waals surface area contributed by atoms with Crippen molar-refractivity contribution >= 4 is 5.97 Å². The molecule has 0 aliphatic heterocycles. The SMILES string of the molecule is CCCOCCNC1(C(=O)O)CCC1. The molecule has 0 aromatic heterocycles. The monoisotopic (exact) mass is 201 g/mol. The lowest BCUT2D eigenvalue weighted by molar-refractivity contribution is -0.148. The zero-order valence-corrected chi connectivity index (χ0v) is 8.71. The van der Waals surface area contributed by atoms with Crippen LogP contribution in [0.2, 0.25) is 0 Å². The van der Waals surface area contributed by atoms with Gasteiger partial charge >= 0.3 is 5.97 Å². The fraction of sp³-hybridized carbons (Fsp3) is 0.900. The van der Waals surface area contributed by atoms with Crippen LogP contribution >= 0.6 is 0 Å². The normalized spacial score (nSPS) is 18.9. The van der Waals surface area contributed by atoms with E-state index >= 15 is 0 Å². The van der Waals surface area contributed by atoms with E-state index in [1.54, 1.807) is 0 Å². The van der Waals surface area contributed by atoms with Crippen LogP contribution in [0.25, 0.3) is 0 Å². The van der Waals surface area contributed by atoms with Crippen molar-refractivity contribution < 1.29 is 14.6 Å². The summed E-state index contributed by atoms with van der Waals surface area (Å²) in [4.78, 5) is 10.9. The van der Waals surface area contributed by atoms with Crippen molar-refractivity contribution in [3.05, 3.63) is 0 Å². The number of aliphatic carboxylic acids is 1. The average Bonchev–Trinajstić information content (AvgIpc) is 2.07. The molecule has 0 spiro atoms. The molecule has 14 heavy (non-hydrogen) atoms. The minimum Gasteiger partial charge on any atom is -0.480 e. The summed E-state index contributed by atoms with van der Waals surface area (Å²) < 4.78 is 5.27. The number of hydrogen-bond donors (Lipinski definition) is 2. The van der Waals surface area contributed by atoms with Gasteiger partial charge in [0.1, 0.15) is 5.54 Å². The molecule has 2 N–H and O–H groups in total. The molecule has 0 aromatic carbocycles. The van der Waals surface area contributed by atoms with Gasteiger partial charge in [0.25, 0.3) is 0 Å². The van der Waals surface area contributed by atoms with Crippen molar-refractivity contribution in [1.29, 1.82) is 0 Å². The van der Waals surface area contributed by atoms with Crippen LogP contribution in [0.3, 0.4) is 0 Å². The first kappa shape index (κ1) is 11.5. The molecule has 1 rings (SSSR count). The summed E-state index contributed by atoms with van der Waals surface area (Å²) in [5.41, 5.74) is -0.643. The molecule has 0 radical (unpaired) electrons. The zero-order valence-electron chi connectivity index (χ0n) is 8.71. The summed E-state index contributed by atoms with van der Waals surface area (Å²) in [6, 6.07) is 0. The molecule has 0 atom stereocenters. The van der Waals surface area contributed by atoms with E-state index in [1.165, 1.54) is 0 Å². The van der Waals surface area contributed by atoms with Gasteiger partial charge in [0.05, 0.1) is 6.61 Å². The Morgan fingerprint density at radius 3 is 2.64 bits per heavy atom. The lowest BCUT2D eigenvalue weighted by atomic mass is 9.77. The van der Waals surface area contributed by atoms with Gasteiger partial charge in [-0.25, -0.2) is 0 Å². The van der Waals surface area contributed by atoms with Gasteiger partial charge in [-0.2, -0.15) is 0 Å². The van der Waals surface area contributed by atoms with Crippen molar-refractivity contribution in [3.63, 3.8) is 0 Å². The number of ether oxygens (including phenoxy) is 1. The van der Waals surface area contributed by atoms with Crippen molar-refractivity contribution in [2.24, 2.45) is 0 Å². The van der Waals surface area contributed by atoms with Crippen molar-refractivity contribution in [2.45, 2.75) is 38.1 Å². The summed E-state index contributed by atoms with van der Waals surface area (Å²) in [6.45, 7) is 4.04. The minimum atomic E-state index is -0.723. The Labute approximate surface area is 84.6 Å². The summed E-state index contributed by atoms with van der Waals surface area (Å²) in [5, 5.41) is 12.0. The van der Waals surface area contributed by atoms with E-state index in [-0.39, 0.29) is 0 Å². The number of nitrogens with one attached hydrogen (secondary N) is 1. The largest absolute Gasteiger partial charge is 0.480 e. The Kier molecular flexibility index (Phi) is 4.35. The van der Waals surface area contributed by atoms with E-state index in [9.17, 15) is 4.79 Å². The van der Waals surface area contributed by atoms with E-state index < -0.39 is 11.5 Å². The van der Waals surface area contributed by atoms with Gasteiger partial charge in [-0.15, -0.1) is 0 Å². The predicted octanol–water partition coefficient (Wildman–Crippen LogP) is 1.01. The molecule has 1 fully saturated rings. The van der Waals surface area contributed by atoms with Crippen LogP contribution in [0.15, 0.2) is 0 Å². The third-order valence-corrected chi connectivity index (χ3v) is 2.67. The second-order valence-corrected chi connectivity index (χ2v) is 3.78. The molecule has 1 aliphatic rings.